The minimum absolute atomic E-state index is 0.00507. The Labute approximate surface area is 324 Å². The topological polar surface area (TPSA) is 116 Å². The Morgan fingerprint density at radius 2 is 1.64 bits per heavy atom. The highest BCUT2D eigenvalue weighted by molar-refractivity contribution is 5.95. The van der Waals surface area contributed by atoms with Gasteiger partial charge in [0.15, 0.2) is 0 Å². The number of aromatic amines is 1. The number of aliphatic hydroxyl groups excluding tert-OH is 1. The number of aliphatic hydroxyl groups is 1. The third kappa shape index (κ3) is 7.38. The SMILES string of the molecule is CC12CC[C@H]3C(CC[C@H]4CC(O)CCC43C)[C@@H]1CCC2OCCCCCC(=O)N1CCN(C(=O)c2cc(Cc3n[nH]c(=O)c4ccccc34)ccc2F)CC1. The predicted octanol–water partition coefficient (Wildman–Crippen LogP) is 7.29. The second kappa shape index (κ2) is 15.7. The van der Waals surface area contributed by atoms with Crippen molar-refractivity contribution < 1.29 is 23.8 Å². The number of fused-ring (bicyclic) bond motifs is 6. The average Bonchev–Trinajstić information content (AvgIpc) is 3.54. The molecule has 55 heavy (non-hydrogen) atoms. The summed E-state index contributed by atoms with van der Waals surface area (Å²) in [5.41, 5.74) is 1.77. The van der Waals surface area contributed by atoms with Crippen LogP contribution in [0, 0.1) is 40.3 Å². The first-order valence-electron chi connectivity index (χ1n) is 21.2. The van der Waals surface area contributed by atoms with Crippen LogP contribution in [0.5, 0.6) is 0 Å². The number of amides is 2. The molecule has 2 amide bonds. The van der Waals surface area contributed by atoms with Gasteiger partial charge in [0.05, 0.1) is 28.9 Å². The van der Waals surface area contributed by atoms with Gasteiger partial charge in [-0.05, 0) is 129 Å². The van der Waals surface area contributed by atoms with Gasteiger partial charge in [-0.1, -0.05) is 44.5 Å². The number of unbranched alkanes of at least 4 members (excludes halogenated alkanes) is 2. The monoisotopic (exact) mass is 754 g/mol. The summed E-state index contributed by atoms with van der Waals surface area (Å²) in [5, 5.41) is 18.4. The van der Waals surface area contributed by atoms with E-state index in [1.807, 2.05) is 17.0 Å². The molecule has 10 heteroatoms. The number of nitrogens with zero attached hydrogens (tertiary/aromatic N) is 3. The third-order valence-electron chi connectivity index (χ3n) is 15.2. The number of piperazine rings is 1. The molecule has 8 atom stereocenters. The quantitative estimate of drug-likeness (QED) is 0.210. The molecule has 3 aromatic rings. The number of carbonyl (C=O) groups is 2. The fourth-order valence-electron chi connectivity index (χ4n) is 12.1. The molecule has 1 saturated heterocycles. The number of H-pyrrole nitrogens is 1. The summed E-state index contributed by atoms with van der Waals surface area (Å²) in [4.78, 5) is 42.2. The Bertz CT molecular complexity index is 1940. The summed E-state index contributed by atoms with van der Waals surface area (Å²) in [5.74, 6) is 2.21. The first kappa shape index (κ1) is 38.3. The van der Waals surface area contributed by atoms with Crippen LogP contribution in [-0.2, 0) is 16.0 Å². The van der Waals surface area contributed by atoms with Crippen molar-refractivity contribution in [1.29, 1.82) is 0 Å². The smallest absolute Gasteiger partial charge is 0.272 e. The molecule has 5 unspecified atom stereocenters. The van der Waals surface area contributed by atoms with E-state index >= 15 is 0 Å². The van der Waals surface area contributed by atoms with Gasteiger partial charge in [0.25, 0.3) is 11.5 Å². The summed E-state index contributed by atoms with van der Waals surface area (Å²) in [6, 6.07) is 11.7. The van der Waals surface area contributed by atoms with Gasteiger partial charge in [-0.2, -0.15) is 5.10 Å². The van der Waals surface area contributed by atoms with Gasteiger partial charge >= 0.3 is 0 Å². The van der Waals surface area contributed by atoms with Crippen LogP contribution >= 0.6 is 0 Å². The van der Waals surface area contributed by atoms with E-state index < -0.39 is 5.82 Å². The van der Waals surface area contributed by atoms with Crippen molar-refractivity contribution in [3.63, 3.8) is 0 Å². The van der Waals surface area contributed by atoms with Crippen LogP contribution in [0.15, 0.2) is 47.3 Å². The van der Waals surface area contributed by atoms with Crippen LogP contribution in [0.4, 0.5) is 4.39 Å². The summed E-state index contributed by atoms with van der Waals surface area (Å²) in [6.45, 7) is 7.42. The van der Waals surface area contributed by atoms with Gasteiger partial charge in [0.2, 0.25) is 5.91 Å². The zero-order valence-electron chi connectivity index (χ0n) is 32.7. The molecule has 9 nitrogen and oxygen atoms in total. The predicted molar refractivity (Wildman–Crippen MR) is 210 cm³/mol. The van der Waals surface area contributed by atoms with Crippen molar-refractivity contribution in [2.45, 2.75) is 116 Å². The van der Waals surface area contributed by atoms with Gasteiger partial charge < -0.3 is 19.6 Å². The molecule has 0 radical (unpaired) electrons. The van der Waals surface area contributed by atoms with Crippen molar-refractivity contribution >= 4 is 22.6 Å². The van der Waals surface area contributed by atoms with Gasteiger partial charge in [-0.25, -0.2) is 9.49 Å². The van der Waals surface area contributed by atoms with Crippen LogP contribution < -0.4 is 5.56 Å². The molecule has 2 heterocycles. The van der Waals surface area contributed by atoms with Crippen LogP contribution in [0.3, 0.4) is 0 Å². The fourth-order valence-corrected chi connectivity index (χ4v) is 12.1. The molecule has 4 aliphatic carbocycles. The van der Waals surface area contributed by atoms with E-state index in [-0.39, 0.29) is 34.5 Å². The maximum atomic E-state index is 15.0. The zero-order valence-corrected chi connectivity index (χ0v) is 32.7. The Balaban J connectivity index is 0.760. The summed E-state index contributed by atoms with van der Waals surface area (Å²) in [6.07, 6.45) is 14.6. The summed E-state index contributed by atoms with van der Waals surface area (Å²) < 4.78 is 21.6. The number of hydrogen-bond donors (Lipinski definition) is 2. The summed E-state index contributed by atoms with van der Waals surface area (Å²) >= 11 is 0. The maximum Gasteiger partial charge on any atom is 0.272 e. The minimum Gasteiger partial charge on any atom is -0.393 e. The normalized spacial score (nSPS) is 31.9. The first-order valence-corrected chi connectivity index (χ1v) is 21.2. The van der Waals surface area contributed by atoms with Crippen LogP contribution in [0.2, 0.25) is 0 Å². The second-order valence-corrected chi connectivity index (χ2v) is 18.1. The fraction of sp³-hybridized carbons (Fsp3) is 0.644. The molecular formula is C45H59FN4O5. The first-order chi connectivity index (χ1) is 26.5. The number of benzene rings is 2. The Hall–Kier alpha value is -3.63. The minimum atomic E-state index is -0.581. The molecule has 1 aliphatic heterocycles. The van der Waals surface area contributed by atoms with E-state index in [0.717, 1.165) is 67.4 Å². The van der Waals surface area contributed by atoms with Crippen molar-refractivity contribution in [1.82, 2.24) is 20.0 Å². The molecule has 5 aliphatic rings. The highest BCUT2D eigenvalue weighted by atomic mass is 19.1. The lowest BCUT2D eigenvalue weighted by molar-refractivity contribution is -0.141. The van der Waals surface area contributed by atoms with E-state index in [1.165, 1.54) is 51.0 Å². The lowest BCUT2D eigenvalue weighted by Gasteiger charge is -2.60. The van der Waals surface area contributed by atoms with Crippen molar-refractivity contribution in [2.24, 2.45) is 34.5 Å². The number of ether oxygens (including phenoxy) is 1. The van der Waals surface area contributed by atoms with Gasteiger partial charge in [-0.3, -0.25) is 14.4 Å². The maximum absolute atomic E-state index is 15.0. The van der Waals surface area contributed by atoms with Gasteiger partial charge in [-0.15, -0.1) is 0 Å². The summed E-state index contributed by atoms with van der Waals surface area (Å²) in [7, 11) is 0. The molecule has 2 aromatic carbocycles. The van der Waals surface area contributed by atoms with Crippen molar-refractivity contribution in [2.75, 3.05) is 32.8 Å². The van der Waals surface area contributed by atoms with Crippen molar-refractivity contribution in [3.05, 3.63) is 75.5 Å². The third-order valence-corrected chi connectivity index (χ3v) is 15.2. The van der Waals surface area contributed by atoms with E-state index in [2.05, 4.69) is 24.0 Å². The van der Waals surface area contributed by atoms with Crippen LogP contribution in [-0.4, -0.2) is 81.9 Å². The molecule has 2 N–H and O–H groups in total. The molecule has 1 aromatic heterocycles. The largest absolute Gasteiger partial charge is 0.393 e. The molecule has 0 spiro atoms. The molecule has 296 valence electrons. The lowest BCUT2D eigenvalue weighted by Crippen LogP contribution is -2.54. The standard InChI is InChI=1S/C45H59FN4O5/c1-44-19-17-31(51)28-30(44)12-13-34-36-14-16-40(45(36,2)20-18-37(34)44)55-25-7-3-4-10-41(52)49-21-23-50(24-22-49)43(54)35-26-29(11-15-38(35)46)27-39-32-8-5-6-9-33(32)42(53)48-47-39/h5-6,8-9,11,15,26,30-31,34,36-37,40,51H,3-4,7,10,12-14,16-25,27-28H2,1-2H3,(H,48,53)/t30-,31?,34?,36-,37-,40?,44?,45?/m0/s1. The second-order valence-electron chi connectivity index (χ2n) is 18.1. The number of nitrogens with one attached hydrogen (secondary N) is 1. The van der Waals surface area contributed by atoms with Gasteiger partial charge in [0, 0.05) is 51.0 Å². The zero-order chi connectivity index (χ0) is 38.3. The average molecular weight is 755 g/mol. The highest BCUT2D eigenvalue weighted by Crippen LogP contribution is 2.66. The van der Waals surface area contributed by atoms with Crippen LogP contribution in [0.1, 0.15) is 119 Å². The number of carbonyl (C=O) groups excluding carboxylic acids is 2. The Morgan fingerprint density at radius 3 is 2.45 bits per heavy atom. The lowest BCUT2D eigenvalue weighted by atomic mass is 9.45. The molecule has 5 fully saturated rings. The Kier molecular flexibility index (Phi) is 10.9. The molecule has 4 saturated carbocycles. The van der Waals surface area contributed by atoms with E-state index in [4.69, 9.17) is 4.74 Å². The van der Waals surface area contributed by atoms with Crippen molar-refractivity contribution in [3.8, 4) is 0 Å². The van der Waals surface area contributed by atoms with E-state index in [0.29, 0.717) is 67.5 Å². The number of halogens is 1. The number of aromatic nitrogens is 2. The molecule has 0 bridgehead atoms. The number of hydrogen-bond acceptors (Lipinski definition) is 6. The van der Waals surface area contributed by atoms with E-state index in [9.17, 15) is 23.9 Å². The highest BCUT2D eigenvalue weighted by Gasteiger charge is 2.60. The van der Waals surface area contributed by atoms with Crippen LogP contribution in [0.25, 0.3) is 10.8 Å². The van der Waals surface area contributed by atoms with E-state index in [1.54, 1.807) is 29.2 Å². The molecule has 8 rings (SSSR count). The molecular weight excluding hydrogens is 696 g/mol. The Morgan fingerprint density at radius 1 is 0.891 bits per heavy atom. The van der Waals surface area contributed by atoms with Gasteiger partial charge in [0.1, 0.15) is 5.82 Å². The number of rotatable bonds is 10.